The number of rotatable bonds is 7. The summed E-state index contributed by atoms with van der Waals surface area (Å²) in [5.74, 6) is 4.34. The van der Waals surface area contributed by atoms with Crippen LogP contribution in [0.5, 0.6) is 0 Å². The second-order valence-electron chi connectivity index (χ2n) is 5.32. The number of hydrogen-bond donors (Lipinski definition) is 2. The second-order valence-corrected chi connectivity index (χ2v) is 5.32. The van der Waals surface area contributed by atoms with E-state index in [9.17, 15) is 9.90 Å². The van der Waals surface area contributed by atoms with Gasteiger partial charge in [-0.2, -0.15) is 5.10 Å². The number of benzene rings is 2. The summed E-state index contributed by atoms with van der Waals surface area (Å²) < 4.78 is 0. The predicted octanol–water partition coefficient (Wildman–Crippen LogP) is 2.50. The van der Waals surface area contributed by atoms with Gasteiger partial charge in [0.2, 0.25) is 0 Å². The first-order valence-corrected chi connectivity index (χ1v) is 7.48. The quantitative estimate of drug-likeness (QED) is 0.468. The first-order valence-electron chi connectivity index (χ1n) is 7.48. The molecule has 1 atom stereocenters. The van der Waals surface area contributed by atoms with E-state index >= 15 is 0 Å². The molecule has 1 unspecified atom stereocenters. The van der Waals surface area contributed by atoms with E-state index < -0.39 is 12.0 Å². The van der Waals surface area contributed by atoms with E-state index in [1.165, 1.54) is 5.56 Å². The summed E-state index contributed by atoms with van der Waals surface area (Å²) in [6, 6.07) is 16.9. The lowest BCUT2D eigenvalue weighted by atomic mass is 10.1. The van der Waals surface area contributed by atoms with Crippen LogP contribution in [-0.4, -0.2) is 29.9 Å². The normalized spacial score (nSPS) is 12.2. The van der Waals surface area contributed by atoms with Crippen LogP contribution in [0.3, 0.4) is 0 Å². The van der Waals surface area contributed by atoms with Crippen molar-refractivity contribution in [1.29, 1.82) is 0 Å². The lowest BCUT2D eigenvalue weighted by Crippen LogP contribution is -2.40. The van der Waals surface area contributed by atoms with E-state index in [1.54, 1.807) is 13.1 Å². The number of hydrogen-bond acceptors (Lipinski definition) is 4. The number of carbonyl (C=O) groups is 1. The summed E-state index contributed by atoms with van der Waals surface area (Å²) in [6.45, 7) is 2.30. The molecule has 120 valence electrons. The number of anilines is 1. The Morgan fingerprint density at radius 2 is 2.00 bits per heavy atom. The Balaban J connectivity index is 2.23. The molecule has 0 spiro atoms. The highest BCUT2D eigenvalue weighted by Gasteiger charge is 2.21. The van der Waals surface area contributed by atoms with Crippen molar-refractivity contribution in [2.24, 2.45) is 10.9 Å². The van der Waals surface area contributed by atoms with Gasteiger partial charge in [0.05, 0.1) is 6.21 Å². The number of carboxylic acid groups (broad SMARTS) is 1. The predicted molar refractivity (Wildman–Crippen MR) is 92.8 cm³/mol. The first-order chi connectivity index (χ1) is 11.1. The van der Waals surface area contributed by atoms with Gasteiger partial charge in [-0.25, -0.2) is 4.79 Å². The Hall–Kier alpha value is -2.82. The molecule has 0 saturated carbocycles. The molecule has 0 aliphatic rings. The van der Waals surface area contributed by atoms with Gasteiger partial charge in [0.1, 0.15) is 6.04 Å². The molecule has 3 N–H and O–H groups in total. The molecular formula is C18H21N3O2. The lowest BCUT2D eigenvalue weighted by Gasteiger charge is -2.29. The Labute approximate surface area is 136 Å². The summed E-state index contributed by atoms with van der Waals surface area (Å²) in [4.78, 5) is 13.3. The van der Waals surface area contributed by atoms with E-state index in [0.717, 1.165) is 17.7 Å². The molecule has 0 aromatic heterocycles. The molecular weight excluding hydrogens is 290 g/mol. The first kappa shape index (κ1) is 16.5. The van der Waals surface area contributed by atoms with Gasteiger partial charge in [-0.1, -0.05) is 42.5 Å². The van der Waals surface area contributed by atoms with Gasteiger partial charge < -0.3 is 15.8 Å². The molecule has 0 aliphatic carbocycles. The zero-order chi connectivity index (χ0) is 16.7. The maximum Gasteiger partial charge on any atom is 0.326 e. The van der Waals surface area contributed by atoms with Crippen molar-refractivity contribution in [2.45, 2.75) is 19.4 Å². The van der Waals surface area contributed by atoms with Gasteiger partial charge >= 0.3 is 5.97 Å². The van der Waals surface area contributed by atoms with E-state index in [4.69, 9.17) is 5.84 Å². The maximum atomic E-state index is 11.4. The van der Waals surface area contributed by atoms with E-state index in [-0.39, 0.29) is 0 Å². The van der Waals surface area contributed by atoms with Crippen molar-refractivity contribution < 1.29 is 9.90 Å². The van der Waals surface area contributed by atoms with Gasteiger partial charge in [0.15, 0.2) is 0 Å². The third-order valence-corrected chi connectivity index (χ3v) is 3.73. The van der Waals surface area contributed by atoms with Crippen molar-refractivity contribution in [2.75, 3.05) is 11.4 Å². The second kappa shape index (κ2) is 7.98. The van der Waals surface area contributed by atoms with Crippen LogP contribution in [0.1, 0.15) is 18.1 Å². The Morgan fingerprint density at radius 1 is 1.26 bits per heavy atom. The zero-order valence-corrected chi connectivity index (χ0v) is 13.1. The molecule has 2 aromatic rings. The highest BCUT2D eigenvalue weighted by Crippen LogP contribution is 2.19. The van der Waals surface area contributed by atoms with Crippen LogP contribution in [0.15, 0.2) is 59.7 Å². The molecule has 0 bridgehead atoms. The van der Waals surface area contributed by atoms with Crippen LogP contribution in [0.2, 0.25) is 0 Å². The summed E-state index contributed by atoms with van der Waals surface area (Å²) in [5, 5.41) is 12.9. The molecule has 2 rings (SSSR count). The fourth-order valence-corrected chi connectivity index (χ4v) is 2.44. The minimum Gasteiger partial charge on any atom is -0.480 e. The Kier molecular flexibility index (Phi) is 5.74. The van der Waals surface area contributed by atoms with Crippen LogP contribution in [0, 0.1) is 0 Å². The number of nitrogens with two attached hydrogens (primary N) is 1. The minimum absolute atomic E-state index is 0.612. The van der Waals surface area contributed by atoms with Gasteiger partial charge in [-0.05, 0) is 36.6 Å². The third-order valence-electron chi connectivity index (χ3n) is 3.73. The molecule has 5 heteroatoms. The highest BCUT2D eigenvalue weighted by molar-refractivity contribution is 5.82. The van der Waals surface area contributed by atoms with E-state index in [2.05, 4.69) is 5.10 Å². The van der Waals surface area contributed by atoms with Crippen molar-refractivity contribution in [3.8, 4) is 0 Å². The van der Waals surface area contributed by atoms with Crippen molar-refractivity contribution in [3.05, 3.63) is 65.7 Å². The highest BCUT2D eigenvalue weighted by atomic mass is 16.4. The van der Waals surface area contributed by atoms with Crippen molar-refractivity contribution in [1.82, 2.24) is 0 Å². The number of hydrazone groups is 1. The largest absolute Gasteiger partial charge is 0.480 e. The fourth-order valence-electron chi connectivity index (χ4n) is 2.44. The minimum atomic E-state index is -0.851. The van der Waals surface area contributed by atoms with Gasteiger partial charge in [-0.3, -0.25) is 0 Å². The molecule has 0 amide bonds. The van der Waals surface area contributed by atoms with Crippen molar-refractivity contribution >= 4 is 17.9 Å². The standard InChI is InChI=1S/C18H21N3O2/c1-14(18(22)23)21(11-10-15-6-3-2-4-7-15)17-9-5-8-16(12-17)13-20-19/h2-9,12-14H,10-11,19H2,1H3,(H,22,23). The molecule has 0 radical (unpaired) electrons. The van der Waals surface area contributed by atoms with Crippen LogP contribution >= 0.6 is 0 Å². The lowest BCUT2D eigenvalue weighted by molar-refractivity contribution is -0.138. The number of aliphatic carboxylic acids is 1. The summed E-state index contributed by atoms with van der Waals surface area (Å²) in [7, 11) is 0. The molecule has 23 heavy (non-hydrogen) atoms. The van der Waals surface area contributed by atoms with Crippen molar-refractivity contribution in [3.63, 3.8) is 0 Å². The SMILES string of the molecule is CC(C(=O)O)N(CCc1ccccc1)c1cccc(C=NN)c1. The Morgan fingerprint density at radius 3 is 2.65 bits per heavy atom. The van der Waals surface area contributed by atoms with Crippen LogP contribution < -0.4 is 10.7 Å². The molecule has 0 aliphatic heterocycles. The molecule has 0 fully saturated rings. The van der Waals surface area contributed by atoms with Gasteiger partial charge in [0, 0.05) is 12.2 Å². The molecule has 0 saturated heterocycles. The zero-order valence-electron chi connectivity index (χ0n) is 13.1. The molecule has 2 aromatic carbocycles. The summed E-state index contributed by atoms with van der Waals surface area (Å²) in [6.07, 6.45) is 2.32. The van der Waals surface area contributed by atoms with E-state index in [1.807, 2.05) is 59.5 Å². The number of carboxylic acids is 1. The Bertz CT molecular complexity index is 671. The van der Waals surface area contributed by atoms with Crippen LogP contribution in [0.25, 0.3) is 0 Å². The monoisotopic (exact) mass is 311 g/mol. The molecule has 0 heterocycles. The summed E-state index contributed by atoms with van der Waals surface area (Å²) in [5.41, 5.74) is 2.86. The fraction of sp³-hybridized carbons (Fsp3) is 0.222. The van der Waals surface area contributed by atoms with E-state index in [0.29, 0.717) is 6.54 Å². The average Bonchev–Trinajstić information content (AvgIpc) is 2.56. The van der Waals surface area contributed by atoms with Gasteiger partial charge in [-0.15, -0.1) is 0 Å². The third kappa shape index (κ3) is 4.57. The molecule has 5 nitrogen and oxygen atoms in total. The maximum absolute atomic E-state index is 11.4. The topological polar surface area (TPSA) is 78.9 Å². The average molecular weight is 311 g/mol. The van der Waals surface area contributed by atoms with Crippen LogP contribution in [-0.2, 0) is 11.2 Å². The summed E-state index contributed by atoms with van der Waals surface area (Å²) >= 11 is 0. The smallest absolute Gasteiger partial charge is 0.326 e. The van der Waals surface area contributed by atoms with Gasteiger partial charge in [0.25, 0.3) is 0 Å². The van der Waals surface area contributed by atoms with Crippen LogP contribution in [0.4, 0.5) is 5.69 Å². The number of nitrogens with zero attached hydrogens (tertiary/aromatic N) is 2.